The SMILES string of the molecule is O=C(Nc1ccc(S(=O)(=O)N2CCCCCC2)cc1)C1CCN(C(=O)c2ccc(Cl)cc2)CC1. The third kappa shape index (κ3) is 5.79. The molecule has 2 amide bonds. The van der Waals surface area contributed by atoms with Crippen molar-refractivity contribution in [2.75, 3.05) is 31.5 Å². The molecule has 1 N–H and O–H groups in total. The lowest BCUT2D eigenvalue weighted by molar-refractivity contribution is -0.121. The van der Waals surface area contributed by atoms with E-state index in [0.29, 0.717) is 55.3 Å². The lowest BCUT2D eigenvalue weighted by Gasteiger charge is -2.31. The molecule has 2 heterocycles. The Labute approximate surface area is 206 Å². The molecule has 9 heteroatoms. The minimum absolute atomic E-state index is 0.0586. The average molecular weight is 504 g/mol. The summed E-state index contributed by atoms with van der Waals surface area (Å²) in [6.45, 7) is 2.12. The predicted octanol–water partition coefficient (Wildman–Crippen LogP) is 4.40. The van der Waals surface area contributed by atoms with Crippen molar-refractivity contribution < 1.29 is 18.0 Å². The maximum Gasteiger partial charge on any atom is 0.253 e. The topological polar surface area (TPSA) is 86.8 Å². The molecule has 34 heavy (non-hydrogen) atoms. The van der Waals surface area contributed by atoms with Crippen LogP contribution in [0.2, 0.25) is 5.02 Å². The van der Waals surface area contributed by atoms with Crippen molar-refractivity contribution in [1.82, 2.24) is 9.21 Å². The number of rotatable bonds is 5. The highest BCUT2D eigenvalue weighted by Crippen LogP contribution is 2.24. The van der Waals surface area contributed by atoms with Crippen LogP contribution in [0.3, 0.4) is 0 Å². The number of anilines is 1. The number of hydrogen-bond donors (Lipinski definition) is 1. The van der Waals surface area contributed by atoms with E-state index in [0.717, 1.165) is 25.7 Å². The number of benzene rings is 2. The summed E-state index contributed by atoms with van der Waals surface area (Å²) in [7, 11) is -3.51. The largest absolute Gasteiger partial charge is 0.339 e. The van der Waals surface area contributed by atoms with Gasteiger partial charge in [0, 0.05) is 48.4 Å². The maximum atomic E-state index is 12.9. The minimum Gasteiger partial charge on any atom is -0.339 e. The van der Waals surface area contributed by atoms with E-state index in [2.05, 4.69) is 5.32 Å². The molecule has 2 fully saturated rings. The second-order valence-electron chi connectivity index (χ2n) is 8.91. The van der Waals surface area contributed by atoms with Crippen molar-refractivity contribution in [3.05, 3.63) is 59.1 Å². The Morgan fingerprint density at radius 2 is 1.41 bits per heavy atom. The molecule has 0 unspecified atom stereocenters. The van der Waals surface area contributed by atoms with Gasteiger partial charge in [-0.1, -0.05) is 24.4 Å². The first-order valence-corrected chi connectivity index (χ1v) is 13.6. The molecule has 2 aliphatic rings. The first-order chi connectivity index (χ1) is 16.3. The van der Waals surface area contributed by atoms with E-state index in [1.165, 1.54) is 0 Å². The van der Waals surface area contributed by atoms with Crippen LogP contribution in [0.1, 0.15) is 48.9 Å². The molecule has 4 rings (SSSR count). The fourth-order valence-corrected chi connectivity index (χ4v) is 6.15. The van der Waals surface area contributed by atoms with Crippen LogP contribution >= 0.6 is 11.6 Å². The lowest BCUT2D eigenvalue weighted by atomic mass is 9.95. The van der Waals surface area contributed by atoms with Crippen molar-refractivity contribution in [1.29, 1.82) is 0 Å². The minimum atomic E-state index is -3.51. The van der Waals surface area contributed by atoms with Gasteiger partial charge in [0.05, 0.1) is 4.90 Å². The molecule has 0 atom stereocenters. The zero-order chi connectivity index (χ0) is 24.1. The highest BCUT2D eigenvalue weighted by atomic mass is 35.5. The number of likely N-dealkylation sites (tertiary alicyclic amines) is 1. The van der Waals surface area contributed by atoms with Gasteiger partial charge in [0.25, 0.3) is 5.91 Å². The summed E-state index contributed by atoms with van der Waals surface area (Å²) in [5.74, 6) is -0.367. The molecule has 7 nitrogen and oxygen atoms in total. The van der Waals surface area contributed by atoms with Crippen molar-refractivity contribution in [3.8, 4) is 0 Å². The Kier molecular flexibility index (Phi) is 7.91. The van der Waals surface area contributed by atoms with E-state index in [9.17, 15) is 18.0 Å². The van der Waals surface area contributed by atoms with Crippen LogP contribution in [0, 0.1) is 5.92 Å². The van der Waals surface area contributed by atoms with Crippen LogP contribution in [0.15, 0.2) is 53.4 Å². The zero-order valence-corrected chi connectivity index (χ0v) is 20.7. The molecule has 2 aliphatic heterocycles. The lowest BCUT2D eigenvalue weighted by Crippen LogP contribution is -2.41. The normalized spacial score (nSPS) is 18.3. The Balaban J connectivity index is 1.31. The van der Waals surface area contributed by atoms with Crippen molar-refractivity contribution >= 4 is 39.1 Å². The van der Waals surface area contributed by atoms with Crippen LogP contribution in [0.4, 0.5) is 5.69 Å². The maximum absolute atomic E-state index is 12.9. The van der Waals surface area contributed by atoms with Gasteiger partial charge in [0.15, 0.2) is 0 Å². The van der Waals surface area contributed by atoms with Crippen molar-refractivity contribution in [3.63, 3.8) is 0 Å². The van der Waals surface area contributed by atoms with Gasteiger partial charge in [-0.15, -0.1) is 0 Å². The summed E-state index contributed by atoms with van der Waals surface area (Å²) in [6.07, 6.45) is 5.05. The quantitative estimate of drug-likeness (QED) is 0.655. The van der Waals surface area contributed by atoms with Crippen LogP contribution in [-0.2, 0) is 14.8 Å². The number of piperidine rings is 1. The fourth-order valence-electron chi connectivity index (χ4n) is 4.51. The summed E-state index contributed by atoms with van der Waals surface area (Å²) < 4.78 is 27.4. The molecule has 0 saturated carbocycles. The van der Waals surface area contributed by atoms with E-state index in [1.54, 1.807) is 57.7 Å². The molecule has 2 aromatic rings. The Morgan fingerprint density at radius 1 is 0.824 bits per heavy atom. The van der Waals surface area contributed by atoms with Gasteiger partial charge < -0.3 is 10.2 Å². The Hall–Kier alpha value is -2.42. The van der Waals surface area contributed by atoms with Crippen LogP contribution in [0.25, 0.3) is 0 Å². The van der Waals surface area contributed by atoms with E-state index >= 15 is 0 Å². The molecule has 0 aromatic heterocycles. The van der Waals surface area contributed by atoms with E-state index < -0.39 is 10.0 Å². The molecule has 0 bridgehead atoms. The summed E-state index contributed by atoms with van der Waals surface area (Å²) in [6, 6.07) is 13.2. The number of amides is 2. The molecule has 2 saturated heterocycles. The highest BCUT2D eigenvalue weighted by Gasteiger charge is 2.28. The highest BCUT2D eigenvalue weighted by molar-refractivity contribution is 7.89. The van der Waals surface area contributed by atoms with Crippen molar-refractivity contribution in [2.24, 2.45) is 5.92 Å². The summed E-state index contributed by atoms with van der Waals surface area (Å²) in [4.78, 5) is 27.4. The van der Waals surface area contributed by atoms with Gasteiger partial charge in [-0.2, -0.15) is 4.31 Å². The second-order valence-corrected chi connectivity index (χ2v) is 11.3. The standard InChI is InChI=1S/C25H30ClN3O4S/c26-21-7-5-20(6-8-21)25(31)28-17-13-19(14-18-28)24(30)27-22-9-11-23(12-10-22)34(32,33)29-15-3-1-2-4-16-29/h5-12,19H,1-4,13-18H2,(H,27,30). The van der Waals surface area contributed by atoms with Gasteiger partial charge in [-0.3, -0.25) is 9.59 Å². The van der Waals surface area contributed by atoms with Crippen molar-refractivity contribution in [2.45, 2.75) is 43.4 Å². The molecule has 0 radical (unpaired) electrons. The average Bonchev–Trinajstić information content (AvgIpc) is 3.15. The molecule has 182 valence electrons. The third-order valence-corrected chi connectivity index (χ3v) is 8.73. The zero-order valence-electron chi connectivity index (χ0n) is 19.1. The number of carbonyl (C=O) groups is 2. The van der Waals surface area contributed by atoms with E-state index in [-0.39, 0.29) is 22.6 Å². The smallest absolute Gasteiger partial charge is 0.253 e. The number of sulfonamides is 1. The summed E-state index contributed by atoms with van der Waals surface area (Å²) >= 11 is 5.89. The monoisotopic (exact) mass is 503 g/mol. The molecular formula is C25H30ClN3O4S. The Bertz CT molecular complexity index is 1100. The van der Waals surface area contributed by atoms with Gasteiger partial charge >= 0.3 is 0 Å². The van der Waals surface area contributed by atoms with Crippen LogP contribution in [-0.4, -0.2) is 55.6 Å². The molecule has 0 aliphatic carbocycles. The number of halogens is 1. The molecule has 2 aromatic carbocycles. The van der Waals surface area contributed by atoms with Gasteiger partial charge in [-0.25, -0.2) is 8.42 Å². The van der Waals surface area contributed by atoms with Gasteiger partial charge in [0.1, 0.15) is 0 Å². The summed E-state index contributed by atoms with van der Waals surface area (Å²) in [5.41, 5.74) is 1.15. The van der Waals surface area contributed by atoms with E-state index in [1.807, 2.05) is 0 Å². The third-order valence-electron chi connectivity index (χ3n) is 6.57. The second kappa shape index (κ2) is 10.9. The van der Waals surface area contributed by atoms with Gasteiger partial charge in [0.2, 0.25) is 15.9 Å². The molecule has 0 spiro atoms. The number of nitrogens with zero attached hydrogens (tertiary/aromatic N) is 2. The van der Waals surface area contributed by atoms with Crippen LogP contribution in [0.5, 0.6) is 0 Å². The molecular weight excluding hydrogens is 474 g/mol. The first kappa shape index (κ1) is 24.7. The predicted molar refractivity (Wildman–Crippen MR) is 132 cm³/mol. The number of carbonyl (C=O) groups excluding carboxylic acids is 2. The summed E-state index contributed by atoms with van der Waals surface area (Å²) in [5, 5.41) is 3.48. The number of nitrogens with one attached hydrogen (secondary N) is 1. The first-order valence-electron chi connectivity index (χ1n) is 11.8. The number of hydrogen-bond acceptors (Lipinski definition) is 4. The van der Waals surface area contributed by atoms with Crippen LogP contribution < -0.4 is 5.32 Å². The fraction of sp³-hybridized carbons (Fsp3) is 0.440. The van der Waals surface area contributed by atoms with E-state index in [4.69, 9.17) is 11.6 Å². The van der Waals surface area contributed by atoms with Gasteiger partial charge in [-0.05, 0) is 74.2 Å². The Morgan fingerprint density at radius 3 is 2.00 bits per heavy atom.